The second-order valence-corrected chi connectivity index (χ2v) is 9.95. The Morgan fingerprint density at radius 1 is 1.20 bits per heavy atom. The second kappa shape index (κ2) is 5.83. The van der Waals surface area contributed by atoms with Crippen LogP contribution in [-0.2, 0) is 0 Å². The Labute approximate surface area is 152 Å². The van der Waals surface area contributed by atoms with E-state index in [0.717, 1.165) is 38.5 Å². The average Bonchev–Trinajstić information content (AvgIpc) is 2.85. The SMILES string of the molecule is CC(C#N)[C@H]1[C@H](O)CC2C3CC=C4C[C@@H](O)CC[C@]4(C)C3CC[C@@]21C. The summed E-state index contributed by atoms with van der Waals surface area (Å²) in [6.07, 6.45) is 9.16. The highest BCUT2D eigenvalue weighted by Gasteiger charge is 2.61. The molecular formula is C22H33NO2. The van der Waals surface area contributed by atoms with Crippen molar-refractivity contribution in [3.05, 3.63) is 11.6 Å². The van der Waals surface area contributed by atoms with Gasteiger partial charge in [0.05, 0.1) is 18.3 Å². The number of aliphatic hydroxyl groups excluding tert-OH is 2. The van der Waals surface area contributed by atoms with Crippen molar-refractivity contribution in [3.63, 3.8) is 0 Å². The number of fused-ring (bicyclic) bond motifs is 5. The van der Waals surface area contributed by atoms with Gasteiger partial charge in [-0.25, -0.2) is 0 Å². The minimum Gasteiger partial charge on any atom is -0.393 e. The molecule has 3 nitrogen and oxygen atoms in total. The molecule has 2 N–H and O–H groups in total. The highest BCUT2D eigenvalue weighted by atomic mass is 16.3. The monoisotopic (exact) mass is 343 g/mol. The summed E-state index contributed by atoms with van der Waals surface area (Å²) in [4.78, 5) is 0. The van der Waals surface area contributed by atoms with Gasteiger partial charge in [0.1, 0.15) is 0 Å². The summed E-state index contributed by atoms with van der Waals surface area (Å²) >= 11 is 0. The van der Waals surface area contributed by atoms with Gasteiger partial charge in [0.15, 0.2) is 0 Å². The molecule has 0 aromatic carbocycles. The molecule has 0 aromatic rings. The Kier molecular flexibility index (Phi) is 4.09. The van der Waals surface area contributed by atoms with E-state index in [2.05, 4.69) is 26.0 Å². The number of nitrogens with zero attached hydrogens (tertiary/aromatic N) is 1. The second-order valence-electron chi connectivity index (χ2n) is 9.95. The van der Waals surface area contributed by atoms with Crippen LogP contribution >= 0.6 is 0 Å². The Bertz CT molecular complexity index is 622. The lowest BCUT2D eigenvalue weighted by Gasteiger charge is -2.58. The third kappa shape index (κ3) is 2.37. The summed E-state index contributed by atoms with van der Waals surface area (Å²) in [7, 11) is 0. The van der Waals surface area contributed by atoms with E-state index in [1.54, 1.807) is 0 Å². The highest BCUT2D eigenvalue weighted by Crippen LogP contribution is 2.67. The Morgan fingerprint density at radius 2 is 1.96 bits per heavy atom. The number of allylic oxidation sites excluding steroid dienone is 1. The van der Waals surface area contributed by atoms with Gasteiger partial charge in [0.2, 0.25) is 0 Å². The van der Waals surface area contributed by atoms with E-state index in [0.29, 0.717) is 17.8 Å². The molecule has 0 spiro atoms. The van der Waals surface area contributed by atoms with Gasteiger partial charge in [-0.3, -0.25) is 0 Å². The molecule has 3 heteroatoms. The molecule has 0 heterocycles. The van der Waals surface area contributed by atoms with E-state index < -0.39 is 0 Å². The molecule has 3 fully saturated rings. The van der Waals surface area contributed by atoms with Crippen LogP contribution in [0.2, 0.25) is 0 Å². The fourth-order valence-corrected chi connectivity index (χ4v) is 7.68. The van der Waals surface area contributed by atoms with Crippen LogP contribution in [0.3, 0.4) is 0 Å². The highest BCUT2D eigenvalue weighted by molar-refractivity contribution is 5.26. The predicted molar refractivity (Wildman–Crippen MR) is 97.4 cm³/mol. The van der Waals surface area contributed by atoms with Gasteiger partial charge in [0, 0.05) is 11.8 Å². The summed E-state index contributed by atoms with van der Waals surface area (Å²) in [6.45, 7) is 6.79. The van der Waals surface area contributed by atoms with Crippen molar-refractivity contribution in [2.45, 2.75) is 77.9 Å². The van der Waals surface area contributed by atoms with E-state index >= 15 is 0 Å². The molecular weight excluding hydrogens is 310 g/mol. The van der Waals surface area contributed by atoms with Gasteiger partial charge < -0.3 is 10.2 Å². The van der Waals surface area contributed by atoms with Crippen molar-refractivity contribution in [1.82, 2.24) is 0 Å². The first-order valence-corrected chi connectivity index (χ1v) is 10.3. The number of hydrogen-bond donors (Lipinski definition) is 2. The first-order valence-electron chi connectivity index (χ1n) is 10.3. The fraction of sp³-hybridized carbons (Fsp3) is 0.864. The third-order valence-electron chi connectivity index (χ3n) is 8.93. The predicted octanol–water partition coefficient (Wildman–Crippen LogP) is 4.06. The molecule has 0 aromatic heterocycles. The molecule has 25 heavy (non-hydrogen) atoms. The van der Waals surface area contributed by atoms with Crippen LogP contribution in [0, 0.1) is 51.8 Å². The van der Waals surface area contributed by atoms with Crippen LogP contribution in [0.4, 0.5) is 0 Å². The number of hydrogen-bond acceptors (Lipinski definition) is 3. The lowest BCUT2D eigenvalue weighted by molar-refractivity contribution is -0.0570. The van der Waals surface area contributed by atoms with Gasteiger partial charge in [-0.15, -0.1) is 0 Å². The van der Waals surface area contributed by atoms with Crippen LogP contribution in [0.1, 0.15) is 65.7 Å². The van der Waals surface area contributed by atoms with Crippen LogP contribution < -0.4 is 0 Å². The standard InChI is InChI=1S/C22H33NO2/c1-13(12-23)20-19(25)11-18-16-5-4-14-10-15(24)6-8-21(14,2)17(16)7-9-22(18,20)3/h4,13,15-20,24-25H,5-11H2,1-3H3/t13?,15-,16?,17?,18?,19+,20-,21-,22-/m0/s1. The van der Waals surface area contributed by atoms with E-state index in [4.69, 9.17) is 0 Å². The summed E-state index contributed by atoms with van der Waals surface area (Å²) in [5.74, 6) is 1.89. The third-order valence-corrected chi connectivity index (χ3v) is 8.93. The Morgan fingerprint density at radius 3 is 2.68 bits per heavy atom. The molecule has 0 bridgehead atoms. The maximum Gasteiger partial charge on any atom is 0.0657 e. The van der Waals surface area contributed by atoms with Crippen LogP contribution in [-0.4, -0.2) is 22.4 Å². The Balaban J connectivity index is 1.67. The van der Waals surface area contributed by atoms with Crippen molar-refractivity contribution >= 4 is 0 Å². The molecule has 0 radical (unpaired) electrons. The fourth-order valence-electron chi connectivity index (χ4n) is 7.68. The zero-order valence-corrected chi connectivity index (χ0v) is 15.9. The summed E-state index contributed by atoms with van der Waals surface area (Å²) in [6, 6.07) is 2.43. The smallest absolute Gasteiger partial charge is 0.0657 e. The molecule has 138 valence electrons. The van der Waals surface area contributed by atoms with Gasteiger partial charge >= 0.3 is 0 Å². The van der Waals surface area contributed by atoms with Crippen molar-refractivity contribution < 1.29 is 10.2 Å². The zero-order chi connectivity index (χ0) is 18.0. The van der Waals surface area contributed by atoms with Crippen LogP contribution in [0.5, 0.6) is 0 Å². The molecule has 0 saturated heterocycles. The van der Waals surface area contributed by atoms with Gasteiger partial charge in [0.25, 0.3) is 0 Å². The minimum absolute atomic E-state index is 0.0725. The molecule has 4 rings (SSSR count). The number of rotatable bonds is 1. The van der Waals surface area contributed by atoms with Crippen molar-refractivity contribution in [2.24, 2.45) is 40.4 Å². The first kappa shape index (κ1) is 17.6. The molecule has 4 unspecified atom stereocenters. The van der Waals surface area contributed by atoms with Crippen LogP contribution in [0.15, 0.2) is 11.6 Å². The molecule has 0 aliphatic heterocycles. The molecule has 0 amide bonds. The summed E-state index contributed by atoms with van der Waals surface area (Å²) in [5, 5.41) is 30.4. The maximum atomic E-state index is 10.8. The largest absolute Gasteiger partial charge is 0.393 e. The van der Waals surface area contributed by atoms with Gasteiger partial charge in [-0.05, 0) is 80.5 Å². The quantitative estimate of drug-likeness (QED) is 0.706. The summed E-state index contributed by atoms with van der Waals surface area (Å²) < 4.78 is 0. The summed E-state index contributed by atoms with van der Waals surface area (Å²) in [5.41, 5.74) is 1.84. The lowest BCUT2D eigenvalue weighted by Crippen LogP contribution is -2.51. The normalized spacial score (nSPS) is 53.0. The van der Waals surface area contributed by atoms with E-state index in [1.165, 1.54) is 12.0 Å². The number of aliphatic hydroxyl groups is 2. The van der Waals surface area contributed by atoms with Crippen LogP contribution in [0.25, 0.3) is 0 Å². The van der Waals surface area contributed by atoms with Crippen molar-refractivity contribution in [3.8, 4) is 6.07 Å². The molecule has 3 saturated carbocycles. The van der Waals surface area contributed by atoms with E-state index in [1.807, 2.05) is 6.92 Å². The number of nitriles is 1. The van der Waals surface area contributed by atoms with Gasteiger partial charge in [-0.2, -0.15) is 5.26 Å². The molecule has 4 aliphatic rings. The molecule has 9 atom stereocenters. The average molecular weight is 344 g/mol. The van der Waals surface area contributed by atoms with Crippen molar-refractivity contribution in [2.75, 3.05) is 0 Å². The maximum absolute atomic E-state index is 10.8. The Hall–Kier alpha value is -0.850. The van der Waals surface area contributed by atoms with E-state index in [9.17, 15) is 15.5 Å². The van der Waals surface area contributed by atoms with E-state index in [-0.39, 0.29) is 34.9 Å². The van der Waals surface area contributed by atoms with Crippen molar-refractivity contribution in [1.29, 1.82) is 5.26 Å². The van der Waals surface area contributed by atoms with Gasteiger partial charge in [-0.1, -0.05) is 25.5 Å². The minimum atomic E-state index is -0.324. The zero-order valence-electron chi connectivity index (χ0n) is 15.9. The molecule has 4 aliphatic carbocycles. The topological polar surface area (TPSA) is 64.2 Å². The lowest BCUT2D eigenvalue weighted by atomic mass is 9.47. The first-order chi connectivity index (χ1) is 11.8.